The molecule has 0 rings (SSSR count). The van der Waals surface area contributed by atoms with Crippen LogP contribution in [0.3, 0.4) is 0 Å². The van der Waals surface area contributed by atoms with Gasteiger partial charge in [-0.1, -0.05) is 13.2 Å². The average molecular weight is 257 g/mol. The topological polar surface area (TPSA) is 105 Å². The molecule has 0 spiro atoms. The minimum Gasteiger partial charge on any atom is -0.442 e. The number of hydrogen-bond donors (Lipinski definition) is 1. The van der Waals surface area contributed by atoms with Crippen LogP contribution in [0.1, 0.15) is 13.8 Å². The Morgan fingerprint density at radius 3 is 1.72 bits per heavy atom. The first-order valence-corrected chi connectivity index (χ1v) is 4.89. The van der Waals surface area contributed by atoms with E-state index < -0.39 is 30.9 Å². The average Bonchev–Trinajstić information content (AvgIpc) is 2.25. The van der Waals surface area contributed by atoms with Gasteiger partial charge < -0.3 is 19.9 Å². The summed E-state index contributed by atoms with van der Waals surface area (Å²) < 4.78 is 13.8. The van der Waals surface area contributed by atoms with Gasteiger partial charge >= 0.3 is 18.0 Å². The van der Waals surface area contributed by atoms with E-state index in [9.17, 15) is 14.4 Å². The van der Waals surface area contributed by atoms with Gasteiger partial charge in [-0.25, -0.2) is 14.4 Å². The normalized spacial score (nSPS) is 9.50. The largest absolute Gasteiger partial charge is 0.442 e. The van der Waals surface area contributed by atoms with Crippen LogP contribution in [-0.2, 0) is 23.8 Å². The number of amides is 1. The lowest BCUT2D eigenvalue weighted by Gasteiger charge is -2.17. The fourth-order valence-corrected chi connectivity index (χ4v) is 0.682. The minimum absolute atomic E-state index is 0.102. The first-order chi connectivity index (χ1) is 8.23. The molecule has 0 aliphatic carbocycles. The molecule has 0 unspecified atom stereocenters. The highest BCUT2D eigenvalue weighted by atomic mass is 16.7. The predicted octanol–water partition coefficient (Wildman–Crippen LogP) is 0.646. The molecule has 0 saturated heterocycles. The predicted molar refractivity (Wildman–Crippen MR) is 61.1 cm³/mol. The smallest absolute Gasteiger partial charge is 0.404 e. The number of rotatable bonds is 6. The van der Waals surface area contributed by atoms with Gasteiger partial charge in [0.1, 0.15) is 0 Å². The van der Waals surface area contributed by atoms with Gasteiger partial charge in [0, 0.05) is 11.1 Å². The molecule has 0 aromatic heterocycles. The van der Waals surface area contributed by atoms with Crippen molar-refractivity contribution in [1.82, 2.24) is 0 Å². The van der Waals surface area contributed by atoms with Crippen molar-refractivity contribution in [3.05, 3.63) is 24.3 Å². The van der Waals surface area contributed by atoms with Crippen LogP contribution in [0.2, 0.25) is 0 Å². The molecule has 0 saturated carbocycles. The van der Waals surface area contributed by atoms with Crippen LogP contribution < -0.4 is 5.73 Å². The maximum Gasteiger partial charge on any atom is 0.404 e. The lowest BCUT2D eigenvalue weighted by molar-refractivity contribution is -0.188. The fraction of sp³-hybridized carbons (Fsp3) is 0.364. The van der Waals surface area contributed by atoms with Crippen LogP contribution >= 0.6 is 0 Å². The first kappa shape index (κ1) is 15.7. The van der Waals surface area contributed by atoms with Gasteiger partial charge in [0.15, 0.2) is 6.61 Å². The van der Waals surface area contributed by atoms with Crippen molar-refractivity contribution in [1.29, 1.82) is 0 Å². The minimum atomic E-state index is -1.40. The lowest BCUT2D eigenvalue weighted by atomic mass is 10.3. The van der Waals surface area contributed by atoms with Crippen LogP contribution in [0, 0.1) is 0 Å². The number of primary amides is 1. The lowest BCUT2D eigenvalue weighted by Crippen LogP contribution is -2.31. The Labute approximate surface area is 104 Å². The van der Waals surface area contributed by atoms with Crippen LogP contribution in [0.25, 0.3) is 0 Å². The van der Waals surface area contributed by atoms with E-state index in [0.29, 0.717) is 0 Å². The standard InChI is InChI=1S/C11H15NO6/c1-6(2)9(13)17-8(5-16-11(12)15)18-10(14)7(3)4/h8H,1,3,5H2,2,4H3,(H2,12,15). The van der Waals surface area contributed by atoms with E-state index in [1.807, 2.05) is 0 Å². The van der Waals surface area contributed by atoms with Gasteiger partial charge in [-0.15, -0.1) is 0 Å². The Hall–Kier alpha value is -2.31. The Kier molecular flexibility index (Phi) is 6.19. The SMILES string of the molecule is C=C(C)C(=O)OC(COC(N)=O)OC(=O)C(=C)C. The van der Waals surface area contributed by atoms with Crippen molar-refractivity contribution in [2.75, 3.05) is 6.61 Å². The molecule has 0 bridgehead atoms. The van der Waals surface area contributed by atoms with Gasteiger partial charge in [-0.2, -0.15) is 0 Å². The summed E-state index contributed by atoms with van der Waals surface area (Å²) >= 11 is 0. The van der Waals surface area contributed by atoms with E-state index >= 15 is 0 Å². The molecule has 7 heteroatoms. The van der Waals surface area contributed by atoms with Crippen LogP contribution in [-0.4, -0.2) is 30.9 Å². The molecule has 7 nitrogen and oxygen atoms in total. The quantitative estimate of drug-likeness (QED) is 0.425. The molecule has 0 aliphatic rings. The molecule has 18 heavy (non-hydrogen) atoms. The third kappa shape index (κ3) is 6.31. The molecule has 0 aliphatic heterocycles. The third-order valence-corrected chi connectivity index (χ3v) is 1.54. The van der Waals surface area contributed by atoms with Gasteiger partial charge in [0.2, 0.25) is 0 Å². The van der Waals surface area contributed by atoms with Gasteiger partial charge in [-0.3, -0.25) is 0 Å². The van der Waals surface area contributed by atoms with E-state index in [1.165, 1.54) is 13.8 Å². The zero-order valence-corrected chi connectivity index (χ0v) is 10.2. The summed E-state index contributed by atoms with van der Waals surface area (Å²) in [5.74, 6) is -1.58. The summed E-state index contributed by atoms with van der Waals surface area (Å²) in [4.78, 5) is 32.9. The highest BCUT2D eigenvalue weighted by molar-refractivity contribution is 5.88. The van der Waals surface area contributed by atoms with Crippen molar-refractivity contribution in [2.45, 2.75) is 20.1 Å². The number of nitrogens with two attached hydrogens (primary N) is 1. The van der Waals surface area contributed by atoms with Crippen LogP contribution in [0.4, 0.5) is 4.79 Å². The summed E-state index contributed by atoms with van der Waals surface area (Å²) in [5, 5.41) is 0. The van der Waals surface area contributed by atoms with Gasteiger partial charge in [0.25, 0.3) is 6.29 Å². The number of ether oxygens (including phenoxy) is 3. The summed E-state index contributed by atoms with van der Waals surface area (Å²) in [6, 6.07) is 0. The Morgan fingerprint density at radius 2 is 1.44 bits per heavy atom. The van der Waals surface area contributed by atoms with Crippen molar-refractivity contribution < 1.29 is 28.6 Å². The molecule has 100 valence electrons. The molecule has 0 aromatic carbocycles. The summed E-state index contributed by atoms with van der Waals surface area (Å²) in [7, 11) is 0. The van der Waals surface area contributed by atoms with Crippen LogP contribution in [0.5, 0.6) is 0 Å². The van der Waals surface area contributed by atoms with E-state index in [2.05, 4.69) is 17.9 Å². The molecular formula is C11H15NO6. The van der Waals surface area contributed by atoms with Crippen molar-refractivity contribution in [2.24, 2.45) is 5.73 Å². The molecule has 0 fully saturated rings. The third-order valence-electron chi connectivity index (χ3n) is 1.54. The van der Waals surface area contributed by atoms with Crippen molar-refractivity contribution >= 4 is 18.0 Å². The number of carbonyl (C=O) groups is 3. The molecule has 0 atom stereocenters. The zero-order chi connectivity index (χ0) is 14.3. The molecule has 2 N–H and O–H groups in total. The summed E-state index contributed by atoms with van der Waals surface area (Å²) in [6.07, 6.45) is -2.48. The Balaban J connectivity index is 4.56. The highest BCUT2D eigenvalue weighted by Crippen LogP contribution is 2.05. The molecule has 1 amide bonds. The van der Waals surface area contributed by atoms with Crippen LogP contribution in [0.15, 0.2) is 24.3 Å². The molecule has 0 heterocycles. The highest BCUT2D eigenvalue weighted by Gasteiger charge is 2.21. The molecule has 0 aromatic rings. The van der Waals surface area contributed by atoms with Crippen molar-refractivity contribution in [3.63, 3.8) is 0 Å². The fourth-order valence-electron chi connectivity index (χ4n) is 0.682. The van der Waals surface area contributed by atoms with E-state index in [0.717, 1.165) is 0 Å². The Bertz CT molecular complexity index is 359. The zero-order valence-electron chi connectivity index (χ0n) is 10.2. The second-order valence-electron chi connectivity index (χ2n) is 3.43. The second kappa shape index (κ2) is 7.10. The Morgan fingerprint density at radius 1 is 1.06 bits per heavy atom. The van der Waals surface area contributed by atoms with Gasteiger partial charge in [0.05, 0.1) is 0 Å². The second-order valence-corrected chi connectivity index (χ2v) is 3.43. The molecule has 0 radical (unpaired) electrons. The monoisotopic (exact) mass is 257 g/mol. The van der Waals surface area contributed by atoms with Crippen molar-refractivity contribution in [3.8, 4) is 0 Å². The summed E-state index contributed by atoms with van der Waals surface area (Å²) in [6.45, 7) is 9.02. The first-order valence-electron chi connectivity index (χ1n) is 4.89. The van der Waals surface area contributed by atoms with E-state index in [1.54, 1.807) is 0 Å². The van der Waals surface area contributed by atoms with E-state index in [4.69, 9.17) is 15.2 Å². The van der Waals surface area contributed by atoms with E-state index in [-0.39, 0.29) is 11.1 Å². The maximum absolute atomic E-state index is 11.2. The van der Waals surface area contributed by atoms with Gasteiger partial charge in [-0.05, 0) is 13.8 Å². The number of carbonyl (C=O) groups excluding carboxylic acids is 3. The molecular weight excluding hydrogens is 242 g/mol. The number of hydrogen-bond acceptors (Lipinski definition) is 6. The number of esters is 2. The maximum atomic E-state index is 11.2. The summed E-state index contributed by atoms with van der Waals surface area (Å²) in [5.41, 5.74) is 4.95.